The first-order chi connectivity index (χ1) is 14.1. The van der Waals surface area contributed by atoms with Crippen molar-refractivity contribution in [2.75, 3.05) is 26.9 Å². The number of methoxy groups -OCH3 is 1. The van der Waals surface area contributed by atoms with Crippen molar-refractivity contribution < 1.29 is 23.8 Å². The SMILES string of the molecule is COc1ccc(C(=O)C2CCCN2C(=O)Cc2ccc3c(c2)OCCO3)cc1C. The van der Waals surface area contributed by atoms with E-state index >= 15 is 0 Å². The molecule has 2 aromatic carbocycles. The fourth-order valence-electron chi connectivity index (χ4n) is 4.04. The predicted molar refractivity (Wildman–Crippen MR) is 108 cm³/mol. The Morgan fingerprint density at radius 3 is 2.66 bits per heavy atom. The minimum absolute atomic E-state index is 0.0104. The number of carbonyl (C=O) groups is 2. The summed E-state index contributed by atoms with van der Waals surface area (Å²) in [4.78, 5) is 27.8. The standard InChI is InChI=1S/C23H25NO5/c1-15-12-17(6-8-19(15)27-2)23(26)18-4-3-9-24(18)22(25)14-16-5-7-20-21(13-16)29-11-10-28-20/h5-8,12-13,18H,3-4,9-11,14H2,1-2H3. The van der Waals surface area contributed by atoms with Crippen molar-refractivity contribution in [3.05, 3.63) is 53.1 Å². The molecule has 0 aliphatic carbocycles. The van der Waals surface area contributed by atoms with Crippen molar-refractivity contribution in [2.45, 2.75) is 32.2 Å². The topological polar surface area (TPSA) is 65.1 Å². The summed E-state index contributed by atoms with van der Waals surface area (Å²) in [6.07, 6.45) is 1.76. The third-order valence-corrected chi connectivity index (χ3v) is 5.52. The second-order valence-electron chi connectivity index (χ2n) is 7.45. The average molecular weight is 395 g/mol. The summed E-state index contributed by atoms with van der Waals surface area (Å²) < 4.78 is 16.4. The molecular formula is C23H25NO5. The second kappa shape index (κ2) is 8.15. The van der Waals surface area contributed by atoms with Gasteiger partial charge in [0.1, 0.15) is 19.0 Å². The first-order valence-corrected chi connectivity index (χ1v) is 9.93. The molecule has 0 spiro atoms. The molecule has 1 amide bonds. The first kappa shape index (κ1) is 19.3. The van der Waals surface area contributed by atoms with Crippen LogP contribution in [-0.4, -0.2) is 49.5 Å². The van der Waals surface area contributed by atoms with E-state index in [9.17, 15) is 9.59 Å². The van der Waals surface area contributed by atoms with Crippen LogP contribution in [0.25, 0.3) is 0 Å². The molecule has 152 valence electrons. The van der Waals surface area contributed by atoms with Crippen LogP contribution in [-0.2, 0) is 11.2 Å². The van der Waals surface area contributed by atoms with Crippen LogP contribution in [0.5, 0.6) is 17.2 Å². The summed E-state index contributed by atoms with van der Waals surface area (Å²) in [5, 5.41) is 0. The van der Waals surface area contributed by atoms with Crippen LogP contribution >= 0.6 is 0 Å². The van der Waals surface area contributed by atoms with Gasteiger partial charge in [0.05, 0.1) is 19.6 Å². The second-order valence-corrected chi connectivity index (χ2v) is 7.45. The third-order valence-electron chi connectivity index (χ3n) is 5.52. The van der Waals surface area contributed by atoms with Crippen molar-refractivity contribution in [2.24, 2.45) is 0 Å². The molecule has 0 aromatic heterocycles. The normalized spacial score (nSPS) is 17.9. The van der Waals surface area contributed by atoms with E-state index in [4.69, 9.17) is 14.2 Å². The maximum Gasteiger partial charge on any atom is 0.227 e. The summed E-state index contributed by atoms with van der Waals surface area (Å²) in [7, 11) is 1.61. The molecule has 6 heteroatoms. The van der Waals surface area contributed by atoms with E-state index in [0.717, 1.165) is 23.3 Å². The molecular weight excluding hydrogens is 370 g/mol. The maximum atomic E-state index is 13.1. The monoisotopic (exact) mass is 395 g/mol. The van der Waals surface area contributed by atoms with Crippen LogP contribution in [0.3, 0.4) is 0 Å². The fraction of sp³-hybridized carbons (Fsp3) is 0.391. The Morgan fingerprint density at radius 2 is 1.90 bits per heavy atom. The number of rotatable bonds is 5. The Bertz CT molecular complexity index is 939. The number of nitrogens with zero attached hydrogens (tertiary/aromatic N) is 1. The van der Waals surface area contributed by atoms with Gasteiger partial charge in [-0.2, -0.15) is 0 Å². The third kappa shape index (κ3) is 3.92. The number of benzene rings is 2. The van der Waals surface area contributed by atoms with Crippen molar-refractivity contribution in [3.63, 3.8) is 0 Å². The van der Waals surface area contributed by atoms with Gasteiger partial charge < -0.3 is 19.1 Å². The lowest BCUT2D eigenvalue weighted by Crippen LogP contribution is -2.41. The van der Waals surface area contributed by atoms with Gasteiger partial charge in [0, 0.05) is 12.1 Å². The van der Waals surface area contributed by atoms with Crippen LogP contribution in [0.2, 0.25) is 0 Å². The number of hydrogen-bond acceptors (Lipinski definition) is 5. The van der Waals surface area contributed by atoms with E-state index in [1.54, 1.807) is 24.1 Å². The van der Waals surface area contributed by atoms with E-state index in [-0.39, 0.29) is 18.1 Å². The lowest BCUT2D eigenvalue weighted by atomic mass is 9.99. The van der Waals surface area contributed by atoms with Crippen LogP contribution in [0, 0.1) is 6.92 Å². The van der Waals surface area contributed by atoms with Crippen molar-refractivity contribution in [3.8, 4) is 17.2 Å². The lowest BCUT2D eigenvalue weighted by Gasteiger charge is -2.24. The Hall–Kier alpha value is -3.02. The molecule has 0 saturated carbocycles. The Balaban J connectivity index is 1.48. The van der Waals surface area contributed by atoms with Crippen molar-refractivity contribution >= 4 is 11.7 Å². The number of ether oxygens (including phenoxy) is 3. The van der Waals surface area contributed by atoms with E-state index in [0.29, 0.717) is 43.2 Å². The highest BCUT2D eigenvalue weighted by Gasteiger charge is 2.34. The molecule has 1 fully saturated rings. The molecule has 1 saturated heterocycles. The number of fused-ring (bicyclic) bond motifs is 1. The zero-order chi connectivity index (χ0) is 20.4. The van der Waals surface area contributed by atoms with Crippen molar-refractivity contribution in [1.82, 2.24) is 4.90 Å². The molecule has 29 heavy (non-hydrogen) atoms. The van der Waals surface area contributed by atoms with Gasteiger partial charge in [0.15, 0.2) is 17.3 Å². The number of likely N-dealkylation sites (tertiary alicyclic amines) is 1. The Morgan fingerprint density at radius 1 is 1.10 bits per heavy atom. The molecule has 2 aliphatic heterocycles. The Labute approximate surface area is 170 Å². The van der Waals surface area contributed by atoms with Crippen LogP contribution < -0.4 is 14.2 Å². The molecule has 0 N–H and O–H groups in total. The summed E-state index contributed by atoms with van der Waals surface area (Å²) in [6, 6.07) is 10.6. The lowest BCUT2D eigenvalue weighted by molar-refractivity contribution is -0.130. The van der Waals surface area contributed by atoms with Crippen LogP contribution in [0.4, 0.5) is 0 Å². The molecule has 2 aromatic rings. The van der Waals surface area contributed by atoms with Gasteiger partial charge in [-0.15, -0.1) is 0 Å². The number of amides is 1. The molecule has 0 bridgehead atoms. The number of aryl methyl sites for hydroxylation is 1. The summed E-state index contributed by atoms with van der Waals surface area (Å²) >= 11 is 0. The van der Waals surface area contributed by atoms with Gasteiger partial charge in [-0.25, -0.2) is 0 Å². The summed E-state index contributed by atoms with van der Waals surface area (Å²) in [5.74, 6) is 2.08. The number of carbonyl (C=O) groups excluding carboxylic acids is 2. The van der Waals surface area contributed by atoms with E-state index in [1.807, 2.05) is 31.2 Å². The highest BCUT2D eigenvalue weighted by molar-refractivity contribution is 6.02. The summed E-state index contributed by atoms with van der Waals surface area (Å²) in [5.41, 5.74) is 2.38. The van der Waals surface area contributed by atoms with Gasteiger partial charge in [-0.05, 0) is 61.2 Å². The Kier molecular flexibility index (Phi) is 5.43. The number of Topliss-reactive ketones (excluding diaryl/α,β-unsaturated/α-hetero) is 1. The first-order valence-electron chi connectivity index (χ1n) is 9.93. The highest BCUT2D eigenvalue weighted by Crippen LogP contribution is 2.31. The van der Waals surface area contributed by atoms with Gasteiger partial charge in [-0.1, -0.05) is 6.07 Å². The van der Waals surface area contributed by atoms with E-state index < -0.39 is 6.04 Å². The minimum atomic E-state index is -0.410. The molecule has 6 nitrogen and oxygen atoms in total. The fourth-order valence-corrected chi connectivity index (χ4v) is 4.04. The molecule has 4 rings (SSSR count). The average Bonchev–Trinajstić information content (AvgIpc) is 3.23. The molecule has 2 aliphatic rings. The zero-order valence-corrected chi connectivity index (χ0v) is 16.8. The molecule has 0 radical (unpaired) electrons. The van der Waals surface area contributed by atoms with Crippen molar-refractivity contribution in [1.29, 1.82) is 0 Å². The zero-order valence-electron chi connectivity index (χ0n) is 16.8. The van der Waals surface area contributed by atoms with Crippen LogP contribution in [0.1, 0.15) is 34.3 Å². The maximum absolute atomic E-state index is 13.1. The molecule has 1 unspecified atom stereocenters. The summed E-state index contributed by atoms with van der Waals surface area (Å²) in [6.45, 7) is 3.56. The smallest absolute Gasteiger partial charge is 0.227 e. The van der Waals surface area contributed by atoms with E-state index in [1.165, 1.54) is 0 Å². The van der Waals surface area contributed by atoms with Gasteiger partial charge in [-0.3, -0.25) is 9.59 Å². The van der Waals surface area contributed by atoms with Crippen LogP contribution in [0.15, 0.2) is 36.4 Å². The highest BCUT2D eigenvalue weighted by atomic mass is 16.6. The minimum Gasteiger partial charge on any atom is -0.496 e. The predicted octanol–water partition coefficient (Wildman–Crippen LogP) is 3.19. The number of ketones is 1. The largest absolute Gasteiger partial charge is 0.496 e. The van der Waals surface area contributed by atoms with Gasteiger partial charge >= 0.3 is 0 Å². The number of hydrogen-bond donors (Lipinski definition) is 0. The van der Waals surface area contributed by atoms with Gasteiger partial charge in [0.2, 0.25) is 5.91 Å². The molecule has 2 heterocycles. The molecule has 1 atom stereocenters. The van der Waals surface area contributed by atoms with Gasteiger partial charge in [0.25, 0.3) is 0 Å². The quantitative estimate of drug-likeness (QED) is 0.728. The van der Waals surface area contributed by atoms with E-state index in [2.05, 4.69) is 0 Å².